The molecule has 0 atom stereocenters. The van der Waals surface area contributed by atoms with Crippen LogP contribution in [0.1, 0.15) is 0 Å². The van der Waals surface area contributed by atoms with Crippen molar-refractivity contribution in [2.24, 2.45) is 0 Å². The van der Waals surface area contributed by atoms with Gasteiger partial charge >= 0.3 is 5.97 Å². The summed E-state index contributed by atoms with van der Waals surface area (Å²) in [6.45, 7) is -0.869. The Bertz CT molecular complexity index is 691. The molecule has 0 aromatic heterocycles. The van der Waals surface area contributed by atoms with E-state index in [0.717, 1.165) is 6.07 Å². The van der Waals surface area contributed by atoms with Gasteiger partial charge in [-0.15, -0.1) is 0 Å². The number of hydrogen-bond donors (Lipinski definition) is 1. The van der Waals surface area contributed by atoms with E-state index in [1.165, 1.54) is 18.2 Å². The minimum Gasteiger partial charge on any atom is -0.482 e. The summed E-state index contributed by atoms with van der Waals surface area (Å²) in [5.74, 6) is -1.50. The molecule has 0 aliphatic rings. The second-order valence-electron chi connectivity index (χ2n) is 4.46. The van der Waals surface area contributed by atoms with Crippen molar-refractivity contribution in [1.29, 1.82) is 0 Å². The number of anilines is 1. The van der Waals surface area contributed by atoms with Gasteiger partial charge in [-0.1, -0.05) is 17.7 Å². The molecule has 5 nitrogen and oxygen atoms in total. The maximum atomic E-state index is 12.9. The normalized spacial score (nSPS) is 10.0. The predicted molar refractivity (Wildman–Crippen MR) is 82.9 cm³/mol. The Morgan fingerprint density at radius 2 is 1.83 bits per heavy atom. The lowest BCUT2D eigenvalue weighted by atomic mass is 10.3. The van der Waals surface area contributed by atoms with Crippen LogP contribution in [-0.4, -0.2) is 25.1 Å². The van der Waals surface area contributed by atoms with E-state index < -0.39 is 30.9 Å². The first kappa shape index (κ1) is 16.8. The molecule has 0 spiro atoms. The number of esters is 1. The molecule has 0 heterocycles. The molecule has 0 fully saturated rings. The van der Waals surface area contributed by atoms with E-state index in [0.29, 0.717) is 10.7 Å². The third-order valence-electron chi connectivity index (χ3n) is 2.64. The van der Waals surface area contributed by atoms with Crippen molar-refractivity contribution in [3.8, 4) is 5.75 Å². The summed E-state index contributed by atoms with van der Waals surface area (Å²) in [6.07, 6.45) is 0. The Hall–Kier alpha value is -2.60. The van der Waals surface area contributed by atoms with Gasteiger partial charge in [0.2, 0.25) is 0 Å². The van der Waals surface area contributed by atoms with E-state index in [1.54, 1.807) is 24.3 Å². The molecule has 120 valence electrons. The Labute approximate surface area is 137 Å². The third-order valence-corrected chi connectivity index (χ3v) is 2.90. The minimum absolute atomic E-state index is 0.201. The van der Waals surface area contributed by atoms with E-state index in [-0.39, 0.29) is 5.75 Å². The van der Waals surface area contributed by atoms with E-state index in [1.807, 2.05) is 0 Å². The van der Waals surface area contributed by atoms with Gasteiger partial charge in [0, 0.05) is 16.8 Å². The molecular weight excluding hydrogens is 325 g/mol. The number of rotatable bonds is 6. The summed E-state index contributed by atoms with van der Waals surface area (Å²) >= 11 is 5.73. The SMILES string of the molecule is O=C(COC(=O)COc1cccc(F)c1)Nc1ccc(Cl)cc1. The van der Waals surface area contributed by atoms with Crippen molar-refractivity contribution in [3.63, 3.8) is 0 Å². The predicted octanol–water partition coefficient (Wildman–Crippen LogP) is 3.04. The molecule has 0 aliphatic carbocycles. The first-order valence-electron chi connectivity index (χ1n) is 6.62. The van der Waals surface area contributed by atoms with Gasteiger partial charge in [0.05, 0.1) is 0 Å². The first-order chi connectivity index (χ1) is 11.0. The summed E-state index contributed by atoms with van der Waals surface area (Å²) in [4.78, 5) is 23.1. The maximum Gasteiger partial charge on any atom is 0.344 e. The highest BCUT2D eigenvalue weighted by Crippen LogP contribution is 2.13. The van der Waals surface area contributed by atoms with Gasteiger partial charge in [-0.05, 0) is 36.4 Å². The molecule has 2 aromatic carbocycles. The van der Waals surface area contributed by atoms with E-state index in [4.69, 9.17) is 21.1 Å². The zero-order valence-electron chi connectivity index (χ0n) is 11.9. The Morgan fingerprint density at radius 3 is 2.52 bits per heavy atom. The highest BCUT2D eigenvalue weighted by Gasteiger charge is 2.09. The first-order valence-corrected chi connectivity index (χ1v) is 7.00. The Morgan fingerprint density at radius 1 is 1.09 bits per heavy atom. The number of hydrogen-bond acceptors (Lipinski definition) is 4. The van der Waals surface area contributed by atoms with Crippen molar-refractivity contribution < 1.29 is 23.5 Å². The van der Waals surface area contributed by atoms with Crippen molar-refractivity contribution in [1.82, 2.24) is 0 Å². The number of ether oxygens (including phenoxy) is 2. The van der Waals surface area contributed by atoms with Gasteiger partial charge in [0.1, 0.15) is 11.6 Å². The lowest BCUT2D eigenvalue weighted by Gasteiger charge is -2.08. The fraction of sp³-hybridized carbons (Fsp3) is 0.125. The number of amides is 1. The molecule has 0 saturated heterocycles. The van der Waals surface area contributed by atoms with Gasteiger partial charge in [-0.2, -0.15) is 0 Å². The molecule has 0 bridgehead atoms. The molecule has 7 heteroatoms. The molecule has 2 aromatic rings. The number of carbonyl (C=O) groups excluding carboxylic acids is 2. The van der Waals surface area contributed by atoms with Crippen molar-refractivity contribution >= 4 is 29.2 Å². The van der Waals surface area contributed by atoms with Gasteiger partial charge in [0.25, 0.3) is 5.91 Å². The van der Waals surface area contributed by atoms with Crippen LogP contribution in [-0.2, 0) is 14.3 Å². The Balaban J connectivity index is 1.71. The lowest BCUT2D eigenvalue weighted by Crippen LogP contribution is -2.23. The van der Waals surface area contributed by atoms with Crippen molar-refractivity contribution in [3.05, 3.63) is 59.4 Å². The monoisotopic (exact) mass is 337 g/mol. The van der Waals surface area contributed by atoms with Gasteiger partial charge in [-0.3, -0.25) is 4.79 Å². The van der Waals surface area contributed by atoms with E-state index >= 15 is 0 Å². The topological polar surface area (TPSA) is 64.6 Å². The summed E-state index contributed by atoms with van der Waals surface area (Å²) in [7, 11) is 0. The van der Waals surface area contributed by atoms with Crippen LogP contribution in [0.4, 0.5) is 10.1 Å². The van der Waals surface area contributed by atoms with Crippen molar-refractivity contribution in [2.45, 2.75) is 0 Å². The van der Waals surface area contributed by atoms with E-state index in [2.05, 4.69) is 5.32 Å². The largest absolute Gasteiger partial charge is 0.482 e. The Kier molecular flexibility index (Phi) is 5.94. The van der Waals surface area contributed by atoms with Crippen LogP contribution in [0.3, 0.4) is 0 Å². The molecule has 0 aliphatic heterocycles. The molecule has 1 N–H and O–H groups in total. The zero-order chi connectivity index (χ0) is 16.7. The van der Waals surface area contributed by atoms with Crippen LogP contribution in [0.15, 0.2) is 48.5 Å². The van der Waals surface area contributed by atoms with Crippen LogP contribution >= 0.6 is 11.6 Å². The number of nitrogens with one attached hydrogen (secondary N) is 1. The second kappa shape index (κ2) is 8.14. The number of carbonyl (C=O) groups is 2. The van der Waals surface area contributed by atoms with Crippen LogP contribution in [0.5, 0.6) is 5.75 Å². The molecule has 23 heavy (non-hydrogen) atoms. The summed E-state index contributed by atoms with van der Waals surface area (Å²) < 4.78 is 22.7. The average Bonchev–Trinajstić information content (AvgIpc) is 2.53. The van der Waals surface area contributed by atoms with Crippen molar-refractivity contribution in [2.75, 3.05) is 18.5 Å². The van der Waals surface area contributed by atoms with Gasteiger partial charge < -0.3 is 14.8 Å². The summed E-state index contributed by atoms with van der Waals surface area (Å²) in [5, 5.41) is 3.09. The number of halogens is 2. The minimum atomic E-state index is -0.736. The smallest absolute Gasteiger partial charge is 0.344 e. The van der Waals surface area contributed by atoms with Crippen LogP contribution in [0.2, 0.25) is 5.02 Å². The van der Waals surface area contributed by atoms with Gasteiger partial charge in [0.15, 0.2) is 13.2 Å². The number of benzene rings is 2. The maximum absolute atomic E-state index is 12.9. The lowest BCUT2D eigenvalue weighted by molar-refractivity contribution is -0.149. The fourth-order valence-electron chi connectivity index (χ4n) is 1.62. The molecule has 0 radical (unpaired) electrons. The molecule has 1 amide bonds. The summed E-state index contributed by atoms with van der Waals surface area (Å²) in [5.41, 5.74) is 0.534. The third kappa shape index (κ3) is 5.96. The second-order valence-corrected chi connectivity index (χ2v) is 4.90. The fourth-order valence-corrected chi connectivity index (χ4v) is 1.74. The summed E-state index contributed by atoms with van der Waals surface area (Å²) in [6, 6.07) is 11.8. The standard InChI is InChI=1S/C16H13ClFNO4/c17-11-4-6-13(7-5-11)19-15(20)9-23-16(21)10-22-14-3-1-2-12(18)8-14/h1-8H,9-10H2,(H,19,20). The zero-order valence-corrected chi connectivity index (χ0v) is 12.7. The highest BCUT2D eigenvalue weighted by molar-refractivity contribution is 6.30. The van der Waals surface area contributed by atoms with Crippen LogP contribution in [0, 0.1) is 5.82 Å². The highest BCUT2D eigenvalue weighted by atomic mass is 35.5. The molecule has 0 saturated carbocycles. The molecule has 2 rings (SSSR count). The molecule has 0 unspecified atom stereocenters. The quantitative estimate of drug-likeness (QED) is 0.823. The average molecular weight is 338 g/mol. The van der Waals surface area contributed by atoms with Crippen LogP contribution < -0.4 is 10.1 Å². The van der Waals surface area contributed by atoms with Gasteiger partial charge in [-0.25, -0.2) is 9.18 Å². The van der Waals surface area contributed by atoms with Crippen LogP contribution in [0.25, 0.3) is 0 Å². The molecular formula is C16H13ClFNO4. The van der Waals surface area contributed by atoms with E-state index in [9.17, 15) is 14.0 Å².